The van der Waals surface area contributed by atoms with Gasteiger partial charge in [-0.2, -0.15) is 8.42 Å². The van der Waals surface area contributed by atoms with Crippen LogP contribution in [-0.2, 0) is 38.7 Å². The number of hydrogen-bond donors (Lipinski definition) is 4. The highest BCUT2D eigenvalue weighted by atomic mass is 32.2. The minimum Gasteiger partial charge on any atom is -0.462 e. The number of aliphatic hydroxyl groups excluding tert-OH is 3. The second kappa shape index (κ2) is 34.3. The Hall–Kier alpha value is -1.61. The Balaban J connectivity index is 2.44. The molecular formula is C43H80O12S. The number of carbonyl (C=O) groups excluding carboxylic acids is 2. The summed E-state index contributed by atoms with van der Waals surface area (Å²) < 4.78 is 54.0. The predicted octanol–water partition coefficient (Wildman–Crippen LogP) is 8.67. The zero-order valence-electron chi connectivity index (χ0n) is 35.0. The van der Waals surface area contributed by atoms with Gasteiger partial charge in [-0.15, -0.1) is 0 Å². The van der Waals surface area contributed by atoms with Crippen molar-refractivity contribution in [2.75, 3.05) is 19.0 Å². The highest BCUT2D eigenvalue weighted by molar-refractivity contribution is 7.85. The maximum Gasteiger partial charge on any atom is 0.306 e. The molecule has 0 amide bonds. The number of allylic oxidation sites excluding steroid dienone is 2. The predicted molar refractivity (Wildman–Crippen MR) is 220 cm³/mol. The Labute approximate surface area is 339 Å². The number of esters is 2. The third-order valence-electron chi connectivity index (χ3n) is 10.4. The minimum atomic E-state index is -4.60. The molecule has 6 atom stereocenters. The molecule has 13 heteroatoms. The number of hydrogen-bond acceptors (Lipinski definition) is 11. The molecule has 0 aliphatic carbocycles. The summed E-state index contributed by atoms with van der Waals surface area (Å²) in [5, 5.41) is 30.8. The summed E-state index contributed by atoms with van der Waals surface area (Å²) in [6.45, 7) is 3.68. The lowest BCUT2D eigenvalue weighted by Gasteiger charge is -2.40. The first-order valence-corrected chi connectivity index (χ1v) is 23.9. The molecule has 0 aromatic carbocycles. The van der Waals surface area contributed by atoms with Crippen molar-refractivity contribution in [1.82, 2.24) is 0 Å². The summed E-state index contributed by atoms with van der Waals surface area (Å²) >= 11 is 0. The van der Waals surface area contributed by atoms with Crippen molar-refractivity contribution in [3.63, 3.8) is 0 Å². The fourth-order valence-corrected chi connectivity index (χ4v) is 7.61. The number of aliphatic hydroxyl groups is 3. The van der Waals surface area contributed by atoms with Gasteiger partial charge in [-0.3, -0.25) is 14.1 Å². The number of rotatable bonds is 37. The van der Waals surface area contributed by atoms with E-state index >= 15 is 0 Å². The normalized spacial score (nSPS) is 20.7. The molecule has 0 bridgehead atoms. The van der Waals surface area contributed by atoms with Crippen LogP contribution in [0.3, 0.4) is 0 Å². The zero-order chi connectivity index (χ0) is 41.3. The summed E-state index contributed by atoms with van der Waals surface area (Å²) in [5.74, 6) is -1.97. The average molecular weight is 821 g/mol. The third kappa shape index (κ3) is 28.7. The van der Waals surface area contributed by atoms with Gasteiger partial charge in [-0.05, 0) is 32.1 Å². The molecule has 0 aromatic rings. The first-order valence-electron chi connectivity index (χ1n) is 22.2. The van der Waals surface area contributed by atoms with Crippen molar-refractivity contribution >= 4 is 22.1 Å². The van der Waals surface area contributed by atoms with Crippen LogP contribution in [-0.4, -0.2) is 96.0 Å². The molecule has 0 saturated carbocycles. The van der Waals surface area contributed by atoms with Gasteiger partial charge in [0.2, 0.25) is 0 Å². The topological polar surface area (TPSA) is 186 Å². The van der Waals surface area contributed by atoms with E-state index in [-0.39, 0.29) is 19.4 Å². The van der Waals surface area contributed by atoms with Crippen LogP contribution in [0.2, 0.25) is 0 Å². The molecule has 6 unspecified atom stereocenters. The fourth-order valence-electron chi connectivity index (χ4n) is 6.91. The van der Waals surface area contributed by atoms with Gasteiger partial charge in [-0.25, -0.2) is 0 Å². The molecule has 330 valence electrons. The van der Waals surface area contributed by atoms with Crippen molar-refractivity contribution in [1.29, 1.82) is 0 Å². The van der Waals surface area contributed by atoms with E-state index in [0.717, 1.165) is 44.9 Å². The van der Waals surface area contributed by atoms with E-state index in [9.17, 15) is 37.9 Å². The molecule has 4 N–H and O–H groups in total. The van der Waals surface area contributed by atoms with Crippen molar-refractivity contribution in [2.24, 2.45) is 0 Å². The molecule has 0 aromatic heterocycles. The van der Waals surface area contributed by atoms with Crippen LogP contribution in [0.25, 0.3) is 0 Å². The molecule has 1 heterocycles. The van der Waals surface area contributed by atoms with E-state index in [1.807, 2.05) is 0 Å². The van der Waals surface area contributed by atoms with Crippen molar-refractivity contribution < 1.29 is 56.8 Å². The molecule has 0 radical (unpaired) electrons. The van der Waals surface area contributed by atoms with Gasteiger partial charge >= 0.3 is 11.9 Å². The van der Waals surface area contributed by atoms with Crippen LogP contribution in [0.5, 0.6) is 0 Å². The van der Waals surface area contributed by atoms with Crippen LogP contribution < -0.4 is 0 Å². The van der Waals surface area contributed by atoms with Crippen LogP contribution in [0, 0.1) is 0 Å². The Bertz CT molecular complexity index is 1100. The molecule has 0 spiro atoms. The van der Waals surface area contributed by atoms with E-state index in [0.29, 0.717) is 12.8 Å². The van der Waals surface area contributed by atoms with Gasteiger partial charge in [-0.1, -0.05) is 161 Å². The van der Waals surface area contributed by atoms with Crippen LogP contribution in [0.4, 0.5) is 0 Å². The number of ether oxygens (including phenoxy) is 4. The summed E-state index contributed by atoms with van der Waals surface area (Å²) in [7, 11) is -4.60. The lowest BCUT2D eigenvalue weighted by atomic mass is 10.00. The van der Waals surface area contributed by atoms with Gasteiger partial charge in [0.1, 0.15) is 36.8 Å². The van der Waals surface area contributed by atoms with Crippen molar-refractivity contribution in [3.05, 3.63) is 12.2 Å². The quantitative estimate of drug-likeness (QED) is 0.0203. The molecule has 1 rings (SSSR count). The van der Waals surface area contributed by atoms with E-state index < -0.39 is 71.2 Å². The van der Waals surface area contributed by atoms with Crippen LogP contribution in [0.1, 0.15) is 194 Å². The second-order valence-electron chi connectivity index (χ2n) is 15.7. The first-order chi connectivity index (χ1) is 27.0. The van der Waals surface area contributed by atoms with Gasteiger partial charge in [0, 0.05) is 12.8 Å². The molecule has 1 aliphatic heterocycles. The highest BCUT2D eigenvalue weighted by Gasteiger charge is 2.46. The van der Waals surface area contributed by atoms with E-state index in [1.165, 1.54) is 109 Å². The first kappa shape index (κ1) is 52.4. The summed E-state index contributed by atoms with van der Waals surface area (Å²) in [5.41, 5.74) is 0. The highest BCUT2D eigenvalue weighted by Crippen LogP contribution is 2.24. The summed E-state index contributed by atoms with van der Waals surface area (Å²) in [6, 6.07) is 0. The van der Waals surface area contributed by atoms with Gasteiger partial charge in [0.25, 0.3) is 10.1 Å². The standard InChI is InChI=1S/C43H80O12S/c1-3-5-7-9-11-13-15-17-18-20-21-23-25-27-29-31-38(44)52-33-36(34-53-43-42(48)41(47)40(46)37(55-43)35-56(49,50)51)54-39(45)32-30-28-26-24-22-19-16-14-12-10-8-6-4-2/h5,7,36-37,40-43,46-48H,3-4,6,8-35H2,1-2H3,(H,49,50,51). The smallest absolute Gasteiger partial charge is 0.306 e. The lowest BCUT2D eigenvalue weighted by Crippen LogP contribution is -2.60. The van der Waals surface area contributed by atoms with Crippen LogP contribution >= 0.6 is 0 Å². The van der Waals surface area contributed by atoms with E-state index in [1.54, 1.807) is 0 Å². The molecular weight excluding hydrogens is 741 g/mol. The Kier molecular flexibility index (Phi) is 32.1. The monoisotopic (exact) mass is 821 g/mol. The van der Waals surface area contributed by atoms with E-state index in [2.05, 4.69) is 26.0 Å². The molecule has 1 aliphatic rings. The fraction of sp³-hybridized carbons (Fsp3) is 0.907. The summed E-state index contributed by atoms with van der Waals surface area (Å²) in [4.78, 5) is 25.4. The zero-order valence-corrected chi connectivity index (χ0v) is 35.8. The molecule has 56 heavy (non-hydrogen) atoms. The summed E-state index contributed by atoms with van der Waals surface area (Å²) in [6.07, 6.45) is 25.4. The van der Waals surface area contributed by atoms with Gasteiger partial charge in [0.15, 0.2) is 12.4 Å². The number of unbranched alkanes of at least 4 members (excludes halogenated alkanes) is 23. The number of carbonyl (C=O) groups is 2. The molecule has 12 nitrogen and oxygen atoms in total. The molecule has 1 fully saturated rings. The largest absolute Gasteiger partial charge is 0.462 e. The Morgan fingerprint density at radius 1 is 0.607 bits per heavy atom. The van der Waals surface area contributed by atoms with Gasteiger partial charge in [0.05, 0.1) is 6.61 Å². The van der Waals surface area contributed by atoms with Crippen molar-refractivity contribution in [2.45, 2.75) is 230 Å². The van der Waals surface area contributed by atoms with Crippen molar-refractivity contribution in [3.8, 4) is 0 Å². The second-order valence-corrected chi connectivity index (χ2v) is 17.2. The van der Waals surface area contributed by atoms with Crippen LogP contribution in [0.15, 0.2) is 12.2 Å². The lowest BCUT2D eigenvalue weighted by molar-refractivity contribution is -0.297. The Morgan fingerprint density at radius 3 is 1.55 bits per heavy atom. The van der Waals surface area contributed by atoms with Gasteiger partial charge < -0.3 is 34.3 Å². The SMILES string of the molecule is CCC=CCCCCCCCCCCCCCC(=O)OCC(COC1OC(CS(=O)(=O)O)C(O)C(O)C1O)OC(=O)CCCCCCCCCCCCCCC. The molecule has 1 saturated heterocycles. The Morgan fingerprint density at radius 2 is 1.07 bits per heavy atom. The minimum absolute atomic E-state index is 0.170. The maximum atomic E-state index is 12.8. The average Bonchev–Trinajstić information content (AvgIpc) is 3.16. The third-order valence-corrected chi connectivity index (χ3v) is 11.1. The maximum absolute atomic E-state index is 12.8. The van der Waals surface area contributed by atoms with E-state index in [4.69, 9.17) is 18.9 Å².